The highest BCUT2D eigenvalue weighted by molar-refractivity contribution is 7.22. The zero-order valence-electron chi connectivity index (χ0n) is 16.3. The molecular weight excluding hydrogens is 429 g/mol. The second-order valence-corrected chi connectivity index (χ2v) is 8.03. The van der Waals surface area contributed by atoms with Gasteiger partial charge in [-0.25, -0.2) is 4.98 Å². The summed E-state index contributed by atoms with van der Waals surface area (Å²) in [4.78, 5) is 18.3. The predicted octanol–water partition coefficient (Wildman–Crippen LogP) is 4.72. The van der Waals surface area contributed by atoms with Gasteiger partial charge >= 0.3 is 6.18 Å². The molecule has 0 spiro atoms. The number of aliphatic hydroxyl groups excluding tert-OH is 1. The summed E-state index contributed by atoms with van der Waals surface area (Å²) in [5.74, 6) is 0.145. The van der Waals surface area contributed by atoms with E-state index < -0.39 is 18.9 Å². The molecule has 1 atom stereocenters. The number of halogens is 3. The molecule has 5 nitrogen and oxygen atoms in total. The topological polar surface area (TPSA) is 64.3 Å². The van der Waals surface area contributed by atoms with E-state index in [2.05, 4.69) is 4.98 Å². The van der Waals surface area contributed by atoms with Crippen LogP contribution in [-0.4, -0.2) is 33.5 Å². The molecule has 0 amide bonds. The minimum Gasteiger partial charge on any atom is -0.491 e. The smallest absolute Gasteiger partial charge is 0.417 e. The Balaban J connectivity index is 1.59. The van der Waals surface area contributed by atoms with Crippen LogP contribution in [0.3, 0.4) is 0 Å². The van der Waals surface area contributed by atoms with Crippen LogP contribution in [-0.2, 0) is 0 Å². The van der Waals surface area contributed by atoms with Gasteiger partial charge < -0.3 is 9.84 Å². The van der Waals surface area contributed by atoms with Gasteiger partial charge in [-0.2, -0.15) is 13.2 Å². The molecule has 0 fully saturated rings. The fourth-order valence-corrected chi connectivity index (χ4v) is 3.98. The Bertz CT molecular complexity index is 1260. The first kappa shape index (κ1) is 21.1. The fourth-order valence-electron chi connectivity index (χ4n) is 2.93. The van der Waals surface area contributed by atoms with Gasteiger partial charge in [0.15, 0.2) is 6.10 Å². The molecular formula is C22H17F3N2O3S. The first-order valence-electron chi connectivity index (χ1n) is 9.28. The maximum Gasteiger partial charge on any atom is 0.417 e. The van der Waals surface area contributed by atoms with Crippen molar-refractivity contribution in [1.82, 2.24) is 9.55 Å². The number of alkyl halides is 3. The summed E-state index contributed by atoms with van der Waals surface area (Å²) in [6.07, 6.45) is -5.89. The number of nitrogens with zero attached hydrogens (tertiary/aromatic N) is 2. The highest BCUT2D eigenvalue weighted by Gasteiger charge is 2.38. The number of aromatic nitrogens is 2. The summed E-state index contributed by atoms with van der Waals surface area (Å²) >= 11 is 1.35. The van der Waals surface area contributed by atoms with E-state index in [4.69, 9.17) is 9.84 Å². The molecule has 2 aromatic heterocycles. The highest BCUT2D eigenvalue weighted by Crippen LogP contribution is 2.31. The molecule has 9 heteroatoms. The summed E-state index contributed by atoms with van der Waals surface area (Å²) in [6.45, 7) is 1.09. The summed E-state index contributed by atoms with van der Waals surface area (Å²) in [5, 5.41) is 9.01. The number of ether oxygens (including phenoxy) is 1. The molecule has 0 bridgehead atoms. The van der Waals surface area contributed by atoms with Crippen LogP contribution < -0.4 is 10.3 Å². The van der Waals surface area contributed by atoms with Crippen LogP contribution in [0.1, 0.15) is 5.56 Å². The Morgan fingerprint density at radius 2 is 1.81 bits per heavy atom. The Morgan fingerprint density at radius 3 is 2.45 bits per heavy atom. The van der Waals surface area contributed by atoms with E-state index in [0.717, 1.165) is 16.0 Å². The third-order valence-electron chi connectivity index (χ3n) is 4.67. The summed E-state index contributed by atoms with van der Waals surface area (Å²) in [6, 6.07) is 15.8. The second-order valence-electron chi connectivity index (χ2n) is 6.97. The molecule has 0 saturated carbocycles. The SMILES string of the molecule is Cc1ccc(-c2cc3ncn(-c4ccc(OCC(O)C(F)(F)F)cc4)c(=O)c3s2)cc1. The van der Waals surface area contributed by atoms with E-state index >= 15 is 0 Å². The molecule has 160 valence electrons. The lowest BCUT2D eigenvalue weighted by Crippen LogP contribution is -2.34. The molecule has 1 unspecified atom stereocenters. The number of fused-ring (bicyclic) bond motifs is 1. The number of hydrogen-bond donors (Lipinski definition) is 1. The van der Waals surface area contributed by atoms with E-state index in [9.17, 15) is 18.0 Å². The van der Waals surface area contributed by atoms with Crippen LogP contribution in [0.4, 0.5) is 13.2 Å². The third kappa shape index (κ3) is 4.47. The number of benzene rings is 2. The molecule has 1 N–H and O–H groups in total. The lowest BCUT2D eigenvalue weighted by molar-refractivity contribution is -0.210. The van der Waals surface area contributed by atoms with Crippen molar-refractivity contribution in [2.24, 2.45) is 0 Å². The normalized spacial score (nSPS) is 12.8. The van der Waals surface area contributed by atoms with E-state index in [1.165, 1.54) is 34.4 Å². The molecule has 2 aromatic carbocycles. The van der Waals surface area contributed by atoms with Crippen LogP contribution >= 0.6 is 11.3 Å². The van der Waals surface area contributed by atoms with Crippen molar-refractivity contribution >= 4 is 21.6 Å². The van der Waals surface area contributed by atoms with Crippen LogP contribution in [0.25, 0.3) is 26.3 Å². The summed E-state index contributed by atoms with van der Waals surface area (Å²) in [7, 11) is 0. The van der Waals surface area contributed by atoms with Gasteiger partial charge in [0, 0.05) is 4.88 Å². The molecule has 0 radical (unpaired) electrons. The predicted molar refractivity (Wildman–Crippen MR) is 113 cm³/mol. The molecule has 2 heterocycles. The van der Waals surface area contributed by atoms with E-state index in [1.807, 2.05) is 37.3 Å². The van der Waals surface area contributed by atoms with Crippen molar-refractivity contribution in [1.29, 1.82) is 0 Å². The molecule has 4 rings (SSSR count). The van der Waals surface area contributed by atoms with Crippen molar-refractivity contribution in [2.75, 3.05) is 6.61 Å². The van der Waals surface area contributed by atoms with Crippen molar-refractivity contribution in [3.8, 4) is 21.9 Å². The minimum atomic E-state index is -4.74. The monoisotopic (exact) mass is 446 g/mol. The second kappa shape index (κ2) is 8.16. The van der Waals surface area contributed by atoms with Crippen LogP contribution in [0.2, 0.25) is 0 Å². The Kier molecular flexibility index (Phi) is 5.55. The fraction of sp³-hybridized carbons (Fsp3) is 0.182. The zero-order valence-corrected chi connectivity index (χ0v) is 17.1. The van der Waals surface area contributed by atoms with Gasteiger partial charge in [0.25, 0.3) is 5.56 Å². The maximum atomic E-state index is 13.0. The number of rotatable bonds is 5. The van der Waals surface area contributed by atoms with Crippen molar-refractivity contribution in [3.05, 3.63) is 76.8 Å². The molecule has 0 saturated heterocycles. The van der Waals surface area contributed by atoms with Gasteiger partial charge in [-0.1, -0.05) is 29.8 Å². The number of aliphatic hydroxyl groups is 1. The number of aryl methyl sites for hydroxylation is 1. The molecule has 4 aromatic rings. The summed E-state index contributed by atoms with van der Waals surface area (Å²) in [5.41, 5.74) is 3.00. The van der Waals surface area contributed by atoms with Gasteiger partial charge in [-0.05, 0) is 42.8 Å². The average molecular weight is 446 g/mol. The molecule has 31 heavy (non-hydrogen) atoms. The Labute approximate surface area is 179 Å². The number of thiophene rings is 1. The van der Waals surface area contributed by atoms with Crippen molar-refractivity contribution in [3.63, 3.8) is 0 Å². The van der Waals surface area contributed by atoms with E-state index in [1.54, 1.807) is 12.1 Å². The Hall–Kier alpha value is -3.17. The molecule has 0 aliphatic rings. The number of hydrogen-bond acceptors (Lipinski definition) is 5. The average Bonchev–Trinajstić information content (AvgIpc) is 3.18. The minimum absolute atomic E-state index is 0.145. The van der Waals surface area contributed by atoms with Crippen molar-refractivity contribution in [2.45, 2.75) is 19.2 Å². The largest absolute Gasteiger partial charge is 0.491 e. The first-order chi connectivity index (χ1) is 14.7. The molecule has 0 aliphatic heterocycles. The van der Waals surface area contributed by atoms with Gasteiger partial charge in [-0.15, -0.1) is 11.3 Å². The molecule has 0 aliphatic carbocycles. The third-order valence-corrected chi connectivity index (χ3v) is 5.84. The van der Waals surface area contributed by atoms with Crippen molar-refractivity contribution < 1.29 is 23.0 Å². The van der Waals surface area contributed by atoms with Crippen LogP contribution in [0, 0.1) is 6.92 Å². The Morgan fingerprint density at radius 1 is 1.13 bits per heavy atom. The van der Waals surface area contributed by atoms with Gasteiger partial charge in [-0.3, -0.25) is 9.36 Å². The van der Waals surface area contributed by atoms with E-state index in [-0.39, 0.29) is 11.3 Å². The quantitative estimate of drug-likeness (QED) is 0.482. The lowest BCUT2D eigenvalue weighted by atomic mass is 10.1. The first-order valence-corrected chi connectivity index (χ1v) is 10.1. The summed E-state index contributed by atoms with van der Waals surface area (Å²) < 4.78 is 43.9. The lowest BCUT2D eigenvalue weighted by Gasteiger charge is -2.15. The highest BCUT2D eigenvalue weighted by atomic mass is 32.1. The van der Waals surface area contributed by atoms with Gasteiger partial charge in [0.1, 0.15) is 23.4 Å². The van der Waals surface area contributed by atoms with E-state index in [0.29, 0.717) is 15.9 Å². The van der Waals surface area contributed by atoms with Gasteiger partial charge in [0.05, 0.1) is 11.2 Å². The standard InChI is InChI=1S/C22H17F3N2O3S/c1-13-2-4-14(5-3-13)18-10-17-20(31-18)21(29)27(12-26-17)15-6-8-16(9-7-15)30-11-19(28)22(23,24)25/h2-10,12,19,28H,11H2,1H3. The zero-order chi connectivity index (χ0) is 22.2. The van der Waals surface area contributed by atoms with Crippen LogP contribution in [0.5, 0.6) is 5.75 Å². The maximum absolute atomic E-state index is 13.0. The van der Waals surface area contributed by atoms with Crippen LogP contribution in [0.15, 0.2) is 65.7 Å². The van der Waals surface area contributed by atoms with Gasteiger partial charge in [0.2, 0.25) is 0 Å².